The van der Waals surface area contributed by atoms with E-state index in [4.69, 9.17) is 0 Å². The van der Waals surface area contributed by atoms with Crippen LogP contribution in [0, 0.1) is 17.0 Å². The monoisotopic (exact) mass is 248 g/mol. The van der Waals surface area contributed by atoms with Gasteiger partial charge in [-0.25, -0.2) is 0 Å². The van der Waals surface area contributed by atoms with Gasteiger partial charge in [0.15, 0.2) is 0 Å². The van der Waals surface area contributed by atoms with Crippen LogP contribution >= 0.6 is 0 Å². The predicted molar refractivity (Wildman–Crippen MR) is 53.6 cm³/mol. The van der Waals surface area contributed by atoms with Crippen LogP contribution in [0.1, 0.15) is 18.4 Å². The zero-order valence-corrected chi connectivity index (χ0v) is 8.82. The summed E-state index contributed by atoms with van der Waals surface area (Å²) in [5.41, 5.74) is -0.157. The molecule has 0 aliphatic carbocycles. The molecule has 1 aromatic carbocycles. The third-order valence-corrected chi connectivity index (χ3v) is 1.93. The van der Waals surface area contributed by atoms with Crippen LogP contribution in [-0.4, -0.2) is 11.3 Å². The summed E-state index contributed by atoms with van der Waals surface area (Å²) in [7, 11) is 0. The number of alkyl halides is 3. The van der Waals surface area contributed by atoms with Gasteiger partial charge in [0.2, 0.25) is 0 Å². The van der Waals surface area contributed by atoms with Gasteiger partial charge in [0.05, 0.1) is 11.0 Å². The number of nitrogens with zero attached hydrogens (tertiary/aromatic N) is 1. The van der Waals surface area contributed by atoms with Crippen molar-refractivity contribution in [2.45, 2.75) is 19.2 Å². The lowest BCUT2D eigenvalue weighted by atomic mass is 10.0. The SMILES string of the molecule is [CH2]C(C)c1cc(OC(F)(F)F)cc([N+](=O)[O-])c1. The minimum Gasteiger partial charge on any atom is -0.406 e. The molecule has 0 saturated heterocycles. The molecule has 0 amide bonds. The van der Waals surface area contributed by atoms with Crippen LogP contribution in [0.5, 0.6) is 5.75 Å². The number of ether oxygens (including phenoxy) is 1. The molecule has 0 saturated carbocycles. The lowest BCUT2D eigenvalue weighted by Crippen LogP contribution is -2.17. The van der Waals surface area contributed by atoms with Crippen LogP contribution in [0.25, 0.3) is 0 Å². The number of nitro benzene ring substituents is 1. The lowest BCUT2D eigenvalue weighted by Gasteiger charge is -2.11. The molecule has 0 heterocycles. The van der Waals surface area contributed by atoms with Crippen LogP contribution in [0.4, 0.5) is 18.9 Å². The zero-order valence-electron chi connectivity index (χ0n) is 8.82. The maximum absolute atomic E-state index is 12.0. The molecule has 0 N–H and O–H groups in total. The molecule has 1 aromatic rings. The highest BCUT2D eigenvalue weighted by Crippen LogP contribution is 2.30. The van der Waals surface area contributed by atoms with Crippen molar-refractivity contribution in [3.8, 4) is 5.75 Å². The van der Waals surface area contributed by atoms with Crippen molar-refractivity contribution in [3.63, 3.8) is 0 Å². The molecule has 0 spiro atoms. The molecule has 0 aliphatic rings. The summed E-state index contributed by atoms with van der Waals surface area (Å²) in [5, 5.41) is 10.5. The van der Waals surface area contributed by atoms with Gasteiger partial charge in [0.1, 0.15) is 5.75 Å². The van der Waals surface area contributed by atoms with Crippen molar-refractivity contribution < 1.29 is 22.8 Å². The summed E-state index contributed by atoms with van der Waals surface area (Å²) in [5.74, 6) is -0.998. The molecule has 1 radical (unpaired) electrons. The van der Waals surface area contributed by atoms with E-state index in [-0.39, 0.29) is 5.92 Å². The summed E-state index contributed by atoms with van der Waals surface area (Å²) in [6.07, 6.45) is -4.88. The quantitative estimate of drug-likeness (QED) is 0.608. The predicted octanol–water partition coefficient (Wildman–Crippen LogP) is 3.43. The van der Waals surface area contributed by atoms with E-state index < -0.39 is 22.7 Å². The summed E-state index contributed by atoms with van der Waals surface area (Å²) in [4.78, 5) is 9.76. The summed E-state index contributed by atoms with van der Waals surface area (Å²) >= 11 is 0. The van der Waals surface area contributed by atoms with Crippen LogP contribution in [0.15, 0.2) is 18.2 Å². The lowest BCUT2D eigenvalue weighted by molar-refractivity contribution is -0.385. The van der Waals surface area contributed by atoms with Gasteiger partial charge >= 0.3 is 6.36 Å². The number of nitro groups is 1. The second-order valence-electron chi connectivity index (χ2n) is 3.47. The highest BCUT2D eigenvalue weighted by molar-refractivity contribution is 5.44. The fourth-order valence-electron chi connectivity index (χ4n) is 1.19. The van der Waals surface area contributed by atoms with E-state index in [2.05, 4.69) is 11.7 Å². The first-order valence-electron chi connectivity index (χ1n) is 4.57. The Morgan fingerprint density at radius 2 is 2.00 bits per heavy atom. The molecular weight excluding hydrogens is 239 g/mol. The van der Waals surface area contributed by atoms with Crippen LogP contribution in [0.3, 0.4) is 0 Å². The van der Waals surface area contributed by atoms with Gasteiger partial charge in [0.25, 0.3) is 5.69 Å². The van der Waals surface area contributed by atoms with Crippen molar-refractivity contribution in [3.05, 3.63) is 40.8 Å². The van der Waals surface area contributed by atoms with E-state index in [0.717, 1.165) is 12.1 Å². The standard InChI is InChI=1S/C10H9F3NO3/c1-6(2)7-3-8(14(15)16)5-9(4-7)17-10(11,12)13/h3-6H,1H2,2H3. The number of hydrogen-bond acceptors (Lipinski definition) is 3. The Labute approximate surface area is 95.2 Å². The second-order valence-corrected chi connectivity index (χ2v) is 3.47. The maximum Gasteiger partial charge on any atom is 0.573 e. The van der Waals surface area contributed by atoms with E-state index >= 15 is 0 Å². The fourth-order valence-corrected chi connectivity index (χ4v) is 1.19. The van der Waals surface area contributed by atoms with Gasteiger partial charge in [-0.05, 0) is 24.5 Å². The molecule has 1 rings (SSSR count). The van der Waals surface area contributed by atoms with Gasteiger partial charge in [-0.3, -0.25) is 10.1 Å². The van der Waals surface area contributed by atoms with Gasteiger partial charge < -0.3 is 4.74 Å². The van der Waals surface area contributed by atoms with E-state index in [0.29, 0.717) is 5.56 Å². The first-order chi connectivity index (χ1) is 7.69. The molecule has 7 heteroatoms. The average molecular weight is 248 g/mol. The van der Waals surface area contributed by atoms with Crippen molar-refractivity contribution in [2.24, 2.45) is 0 Å². The highest BCUT2D eigenvalue weighted by atomic mass is 19.4. The minimum absolute atomic E-state index is 0.304. The van der Waals surface area contributed by atoms with Crippen LogP contribution < -0.4 is 4.74 Å². The first-order valence-corrected chi connectivity index (χ1v) is 4.57. The van der Waals surface area contributed by atoms with Crippen LogP contribution in [0.2, 0.25) is 0 Å². The van der Waals surface area contributed by atoms with Gasteiger partial charge in [-0.1, -0.05) is 6.92 Å². The van der Waals surface area contributed by atoms with E-state index in [1.54, 1.807) is 6.92 Å². The first kappa shape index (κ1) is 13.3. The fraction of sp³-hybridized carbons (Fsp3) is 0.300. The summed E-state index contributed by atoms with van der Waals surface area (Å²) in [6, 6.07) is 2.97. The largest absolute Gasteiger partial charge is 0.573 e. The Hall–Kier alpha value is -1.79. The molecule has 17 heavy (non-hydrogen) atoms. The smallest absolute Gasteiger partial charge is 0.406 e. The molecule has 93 valence electrons. The summed E-state index contributed by atoms with van der Waals surface area (Å²) in [6.45, 7) is 5.19. The Kier molecular flexibility index (Phi) is 3.59. The van der Waals surface area contributed by atoms with Crippen molar-refractivity contribution in [2.75, 3.05) is 0 Å². The second kappa shape index (κ2) is 4.60. The van der Waals surface area contributed by atoms with Crippen molar-refractivity contribution in [1.29, 1.82) is 0 Å². The molecule has 4 nitrogen and oxygen atoms in total. The van der Waals surface area contributed by atoms with E-state index in [1.165, 1.54) is 6.07 Å². The van der Waals surface area contributed by atoms with E-state index in [1.807, 2.05) is 0 Å². The highest BCUT2D eigenvalue weighted by Gasteiger charge is 2.32. The van der Waals surface area contributed by atoms with Gasteiger partial charge in [-0.15, -0.1) is 13.2 Å². The van der Waals surface area contributed by atoms with Crippen molar-refractivity contribution >= 4 is 5.69 Å². The Morgan fingerprint density at radius 3 is 2.41 bits per heavy atom. The Morgan fingerprint density at radius 1 is 1.41 bits per heavy atom. The van der Waals surface area contributed by atoms with Crippen LogP contribution in [-0.2, 0) is 0 Å². The number of halogens is 3. The molecule has 0 aromatic heterocycles. The number of rotatable bonds is 3. The molecule has 1 unspecified atom stereocenters. The average Bonchev–Trinajstić information content (AvgIpc) is 2.14. The molecular formula is C10H9F3NO3. The van der Waals surface area contributed by atoms with E-state index in [9.17, 15) is 23.3 Å². The Bertz CT molecular complexity index is 429. The van der Waals surface area contributed by atoms with Crippen molar-refractivity contribution in [1.82, 2.24) is 0 Å². The molecule has 0 fully saturated rings. The maximum atomic E-state index is 12.0. The van der Waals surface area contributed by atoms with Gasteiger partial charge in [0, 0.05) is 6.07 Å². The topological polar surface area (TPSA) is 52.4 Å². The number of benzene rings is 1. The third-order valence-electron chi connectivity index (χ3n) is 1.93. The molecule has 1 atom stereocenters. The minimum atomic E-state index is -4.88. The molecule has 0 aliphatic heterocycles. The zero-order chi connectivity index (χ0) is 13.2. The normalized spacial score (nSPS) is 11.6. The summed E-state index contributed by atoms with van der Waals surface area (Å²) < 4.78 is 39.6. The number of hydrogen-bond donors (Lipinski definition) is 0. The Balaban J connectivity index is 3.17. The van der Waals surface area contributed by atoms with Gasteiger partial charge in [-0.2, -0.15) is 0 Å². The number of non-ortho nitro benzene ring substituents is 1. The molecule has 0 bridgehead atoms. The third kappa shape index (κ3) is 3.93.